The number of rotatable bonds is 5. The summed E-state index contributed by atoms with van der Waals surface area (Å²) < 4.78 is 29.0. The SMILES string of the molecule is COC(=O)C1(c2ccc(Br)cc2)OC(c2ccc(OC)cc2)C2(C(=O)OC)C(=O)Oc3ccccc3C12. The molecule has 9 heteroatoms. The van der Waals surface area contributed by atoms with Gasteiger partial charge in [0.1, 0.15) is 17.6 Å². The fourth-order valence-electron chi connectivity index (χ4n) is 5.46. The molecule has 0 radical (unpaired) electrons. The first-order valence-electron chi connectivity index (χ1n) is 11.4. The van der Waals surface area contributed by atoms with Gasteiger partial charge in [0.15, 0.2) is 5.60 Å². The standard InChI is InChI=1S/C28H23BrO8/c1-33-19-14-8-16(9-15-19)23-27(24(30)34-2)22(20-6-4-5-7-21(20)36-25(27)31)28(37-23,26(32)35-3)17-10-12-18(29)13-11-17/h4-15,22-23H,1-3H3. The predicted octanol–water partition coefficient (Wildman–Crippen LogP) is 4.46. The summed E-state index contributed by atoms with van der Waals surface area (Å²) in [6.45, 7) is 0. The zero-order chi connectivity index (χ0) is 26.4. The van der Waals surface area contributed by atoms with E-state index in [2.05, 4.69) is 15.9 Å². The highest BCUT2D eigenvalue weighted by Gasteiger charge is 2.78. The number of carbonyl (C=O) groups excluding carboxylic acids is 3. The molecule has 0 bridgehead atoms. The van der Waals surface area contributed by atoms with Crippen molar-refractivity contribution in [3.05, 3.63) is 94.0 Å². The van der Waals surface area contributed by atoms with E-state index in [0.29, 0.717) is 22.4 Å². The van der Waals surface area contributed by atoms with Crippen LogP contribution in [-0.2, 0) is 34.2 Å². The average Bonchev–Trinajstić information content (AvgIpc) is 3.27. The molecule has 0 N–H and O–H groups in total. The fraction of sp³-hybridized carbons (Fsp3) is 0.250. The predicted molar refractivity (Wildman–Crippen MR) is 134 cm³/mol. The minimum Gasteiger partial charge on any atom is -0.497 e. The summed E-state index contributed by atoms with van der Waals surface area (Å²) >= 11 is 3.42. The lowest BCUT2D eigenvalue weighted by atomic mass is 9.60. The maximum atomic E-state index is 14.0. The second-order valence-corrected chi connectivity index (χ2v) is 9.64. The quantitative estimate of drug-likeness (QED) is 0.253. The van der Waals surface area contributed by atoms with Crippen molar-refractivity contribution in [1.29, 1.82) is 0 Å². The first-order chi connectivity index (χ1) is 17.8. The van der Waals surface area contributed by atoms with Gasteiger partial charge in [0, 0.05) is 10.0 Å². The Morgan fingerprint density at radius 2 is 1.51 bits per heavy atom. The lowest BCUT2D eigenvalue weighted by molar-refractivity contribution is -0.175. The third kappa shape index (κ3) is 3.48. The van der Waals surface area contributed by atoms with Crippen molar-refractivity contribution < 1.29 is 38.1 Å². The maximum Gasteiger partial charge on any atom is 0.343 e. The van der Waals surface area contributed by atoms with Crippen LogP contribution in [0, 0.1) is 5.41 Å². The molecule has 190 valence electrons. The van der Waals surface area contributed by atoms with Crippen molar-refractivity contribution in [2.75, 3.05) is 21.3 Å². The number of hydrogen-bond donors (Lipinski definition) is 0. The van der Waals surface area contributed by atoms with Crippen molar-refractivity contribution in [3.63, 3.8) is 0 Å². The molecular weight excluding hydrogens is 544 g/mol. The molecule has 5 rings (SSSR count). The minimum absolute atomic E-state index is 0.224. The molecule has 2 aliphatic rings. The Morgan fingerprint density at radius 3 is 2.14 bits per heavy atom. The number of fused-ring (bicyclic) bond motifs is 3. The van der Waals surface area contributed by atoms with Crippen LogP contribution in [0.25, 0.3) is 0 Å². The van der Waals surface area contributed by atoms with Crippen LogP contribution in [-0.4, -0.2) is 39.2 Å². The molecule has 4 atom stereocenters. The Kier molecular flexibility index (Phi) is 6.29. The van der Waals surface area contributed by atoms with E-state index in [-0.39, 0.29) is 5.75 Å². The van der Waals surface area contributed by atoms with Crippen molar-refractivity contribution >= 4 is 33.8 Å². The van der Waals surface area contributed by atoms with Gasteiger partial charge in [0.25, 0.3) is 0 Å². The van der Waals surface area contributed by atoms with Crippen LogP contribution in [0.2, 0.25) is 0 Å². The summed E-state index contributed by atoms with van der Waals surface area (Å²) in [5.41, 5.74) is -2.67. The van der Waals surface area contributed by atoms with Gasteiger partial charge in [-0.15, -0.1) is 0 Å². The first kappa shape index (κ1) is 25.0. The monoisotopic (exact) mass is 566 g/mol. The second-order valence-electron chi connectivity index (χ2n) is 8.73. The largest absolute Gasteiger partial charge is 0.497 e. The smallest absolute Gasteiger partial charge is 0.343 e. The third-order valence-corrected chi connectivity index (χ3v) is 7.58. The van der Waals surface area contributed by atoms with Gasteiger partial charge >= 0.3 is 17.9 Å². The third-order valence-electron chi connectivity index (χ3n) is 7.05. The van der Waals surface area contributed by atoms with Crippen LogP contribution in [0.15, 0.2) is 77.3 Å². The highest BCUT2D eigenvalue weighted by Crippen LogP contribution is 2.68. The van der Waals surface area contributed by atoms with Gasteiger partial charge in [0.2, 0.25) is 5.41 Å². The van der Waals surface area contributed by atoms with E-state index in [1.807, 2.05) is 0 Å². The normalized spacial score (nSPS) is 25.9. The fourth-order valence-corrected chi connectivity index (χ4v) is 5.72. The molecule has 3 aromatic carbocycles. The molecule has 4 unspecified atom stereocenters. The van der Waals surface area contributed by atoms with E-state index in [0.717, 1.165) is 4.47 Å². The van der Waals surface area contributed by atoms with Crippen LogP contribution in [0.5, 0.6) is 11.5 Å². The Morgan fingerprint density at radius 1 is 0.865 bits per heavy atom. The molecular formula is C28H23BrO8. The molecule has 2 aliphatic heterocycles. The molecule has 1 saturated heterocycles. The summed E-state index contributed by atoms with van der Waals surface area (Å²) in [5, 5.41) is 0. The van der Waals surface area contributed by atoms with Crippen molar-refractivity contribution in [1.82, 2.24) is 0 Å². The highest BCUT2D eigenvalue weighted by atomic mass is 79.9. The number of hydrogen-bond acceptors (Lipinski definition) is 8. The molecule has 37 heavy (non-hydrogen) atoms. The highest BCUT2D eigenvalue weighted by molar-refractivity contribution is 9.10. The molecule has 8 nitrogen and oxygen atoms in total. The van der Waals surface area contributed by atoms with E-state index in [1.165, 1.54) is 21.3 Å². The summed E-state index contributed by atoms with van der Waals surface area (Å²) in [6, 6.07) is 20.4. The van der Waals surface area contributed by atoms with E-state index in [1.54, 1.807) is 72.8 Å². The zero-order valence-electron chi connectivity index (χ0n) is 20.2. The lowest BCUT2D eigenvalue weighted by Gasteiger charge is -2.40. The van der Waals surface area contributed by atoms with Crippen molar-refractivity contribution in [2.45, 2.75) is 17.6 Å². The van der Waals surface area contributed by atoms with Gasteiger partial charge in [-0.1, -0.05) is 58.4 Å². The topological polar surface area (TPSA) is 97.4 Å². The molecule has 0 aliphatic carbocycles. The Labute approximate surface area is 221 Å². The zero-order valence-corrected chi connectivity index (χ0v) is 21.8. The Balaban J connectivity index is 1.89. The van der Waals surface area contributed by atoms with Crippen LogP contribution >= 0.6 is 15.9 Å². The number of methoxy groups -OCH3 is 3. The molecule has 1 fully saturated rings. The number of para-hydroxylation sites is 1. The molecule has 3 aromatic rings. The van der Waals surface area contributed by atoms with Gasteiger partial charge < -0.3 is 23.7 Å². The van der Waals surface area contributed by atoms with Crippen LogP contribution in [0.1, 0.15) is 28.7 Å². The molecule has 2 heterocycles. The first-order valence-corrected chi connectivity index (χ1v) is 12.2. The number of carbonyl (C=O) groups is 3. The number of benzene rings is 3. The van der Waals surface area contributed by atoms with Crippen molar-refractivity contribution in [2.24, 2.45) is 5.41 Å². The molecule has 0 amide bonds. The minimum atomic E-state index is -2.07. The number of ether oxygens (including phenoxy) is 5. The summed E-state index contributed by atoms with van der Waals surface area (Å²) in [5.74, 6) is -2.93. The average molecular weight is 567 g/mol. The van der Waals surface area contributed by atoms with Crippen molar-refractivity contribution in [3.8, 4) is 11.5 Å². The molecule has 0 saturated carbocycles. The molecule has 0 spiro atoms. The van der Waals surface area contributed by atoms with Gasteiger partial charge in [-0.25, -0.2) is 4.79 Å². The van der Waals surface area contributed by atoms with E-state index >= 15 is 0 Å². The van der Waals surface area contributed by atoms with E-state index in [9.17, 15) is 14.4 Å². The van der Waals surface area contributed by atoms with E-state index in [4.69, 9.17) is 23.7 Å². The number of esters is 3. The van der Waals surface area contributed by atoms with Crippen LogP contribution < -0.4 is 9.47 Å². The Hall–Kier alpha value is -3.69. The van der Waals surface area contributed by atoms with Gasteiger partial charge in [-0.2, -0.15) is 0 Å². The Bertz CT molecular complexity index is 1370. The summed E-state index contributed by atoms with van der Waals surface area (Å²) in [6.07, 6.45) is -1.26. The summed E-state index contributed by atoms with van der Waals surface area (Å²) in [7, 11) is 3.95. The lowest BCUT2D eigenvalue weighted by Crippen LogP contribution is -2.54. The van der Waals surface area contributed by atoms with Crippen LogP contribution in [0.4, 0.5) is 0 Å². The van der Waals surface area contributed by atoms with Gasteiger partial charge in [0.05, 0.1) is 27.2 Å². The molecule has 0 aromatic heterocycles. The second kappa shape index (κ2) is 9.32. The maximum absolute atomic E-state index is 14.0. The summed E-state index contributed by atoms with van der Waals surface area (Å²) in [4.78, 5) is 41.6. The van der Waals surface area contributed by atoms with Gasteiger partial charge in [-0.05, 0) is 41.5 Å². The van der Waals surface area contributed by atoms with Gasteiger partial charge in [-0.3, -0.25) is 9.59 Å². The van der Waals surface area contributed by atoms with E-state index < -0.39 is 40.9 Å². The van der Waals surface area contributed by atoms with Crippen LogP contribution in [0.3, 0.4) is 0 Å². The number of halogens is 1.